The molecule has 126 valence electrons. The van der Waals surface area contributed by atoms with Crippen molar-refractivity contribution >= 4 is 23.2 Å². The van der Waals surface area contributed by atoms with E-state index < -0.39 is 0 Å². The molecule has 0 radical (unpaired) electrons. The highest BCUT2D eigenvalue weighted by molar-refractivity contribution is 6.32. The van der Waals surface area contributed by atoms with Crippen LogP contribution in [0.5, 0.6) is 0 Å². The fraction of sp³-hybridized carbons (Fsp3) is 0.350. The third-order valence-corrected chi connectivity index (χ3v) is 5.11. The van der Waals surface area contributed by atoms with Gasteiger partial charge >= 0.3 is 0 Å². The Hall–Kier alpha value is -1.87. The molecule has 4 heteroatoms. The predicted octanol–water partition coefficient (Wildman–Crippen LogP) is 5.35. The summed E-state index contributed by atoms with van der Waals surface area (Å²) in [7, 11) is 0. The molecular formula is C20H21ClFNO. The fourth-order valence-corrected chi connectivity index (χ4v) is 3.58. The summed E-state index contributed by atoms with van der Waals surface area (Å²) in [4.78, 5) is 12.6. The van der Waals surface area contributed by atoms with Crippen molar-refractivity contribution in [2.75, 3.05) is 5.32 Å². The van der Waals surface area contributed by atoms with E-state index in [9.17, 15) is 9.18 Å². The number of carbonyl (C=O) groups excluding carboxylic acids is 1. The summed E-state index contributed by atoms with van der Waals surface area (Å²) in [6.07, 6.45) is 2.27. The Morgan fingerprint density at radius 3 is 2.62 bits per heavy atom. The van der Waals surface area contributed by atoms with Gasteiger partial charge in [-0.1, -0.05) is 49.7 Å². The van der Waals surface area contributed by atoms with E-state index in [0.717, 1.165) is 29.7 Å². The van der Waals surface area contributed by atoms with Gasteiger partial charge in [-0.2, -0.15) is 0 Å². The summed E-state index contributed by atoms with van der Waals surface area (Å²) >= 11 is 6.28. The van der Waals surface area contributed by atoms with Gasteiger partial charge in [0.1, 0.15) is 5.82 Å². The Morgan fingerprint density at radius 2 is 1.96 bits per heavy atom. The third kappa shape index (κ3) is 3.18. The number of amides is 1. The number of benzene rings is 2. The van der Waals surface area contributed by atoms with Gasteiger partial charge in [0.25, 0.3) is 0 Å². The highest BCUT2D eigenvalue weighted by Crippen LogP contribution is 2.49. The maximum Gasteiger partial charge on any atom is 0.228 e. The minimum Gasteiger partial charge on any atom is -0.325 e. The number of halogens is 2. The molecule has 1 aliphatic rings. The van der Waals surface area contributed by atoms with E-state index in [1.54, 1.807) is 12.1 Å². The van der Waals surface area contributed by atoms with Crippen LogP contribution in [0.4, 0.5) is 10.1 Å². The standard InChI is InChI=1S/C20H21ClFNO/c1-3-12-9-10-17(21)13(4-2)19(12)23-20(24)16-11-15(16)14-7-5-6-8-18(14)22/h5-10,15-16H,3-4,11H2,1-2H3,(H,23,24). The van der Waals surface area contributed by atoms with Gasteiger partial charge in [-0.05, 0) is 54.0 Å². The second kappa shape index (κ2) is 6.94. The fourth-order valence-electron chi connectivity index (χ4n) is 3.29. The first kappa shape index (κ1) is 17.0. The molecule has 1 N–H and O–H groups in total. The zero-order valence-corrected chi connectivity index (χ0v) is 14.7. The molecule has 2 aromatic carbocycles. The lowest BCUT2D eigenvalue weighted by Gasteiger charge is -2.16. The molecule has 0 aromatic heterocycles. The lowest BCUT2D eigenvalue weighted by Crippen LogP contribution is -2.17. The van der Waals surface area contributed by atoms with Crippen LogP contribution in [0.25, 0.3) is 0 Å². The van der Waals surface area contributed by atoms with E-state index >= 15 is 0 Å². The topological polar surface area (TPSA) is 29.1 Å². The first-order chi connectivity index (χ1) is 11.6. The van der Waals surface area contributed by atoms with Gasteiger partial charge in [0.05, 0.1) is 0 Å². The van der Waals surface area contributed by atoms with Crippen LogP contribution in [0.15, 0.2) is 36.4 Å². The molecule has 2 unspecified atom stereocenters. The normalized spacial score (nSPS) is 19.2. The van der Waals surface area contributed by atoms with Crippen LogP contribution in [0.1, 0.15) is 42.9 Å². The molecule has 0 saturated heterocycles. The molecule has 0 bridgehead atoms. The summed E-state index contributed by atoms with van der Waals surface area (Å²) in [6.45, 7) is 4.08. The number of hydrogen-bond donors (Lipinski definition) is 1. The number of rotatable bonds is 5. The summed E-state index contributed by atoms with van der Waals surface area (Å²) < 4.78 is 13.9. The Kier molecular flexibility index (Phi) is 4.91. The van der Waals surface area contributed by atoms with Crippen LogP contribution in [-0.2, 0) is 17.6 Å². The molecule has 0 spiro atoms. The van der Waals surface area contributed by atoms with Crippen LogP contribution in [0.3, 0.4) is 0 Å². The average Bonchev–Trinajstić information content (AvgIpc) is 3.36. The van der Waals surface area contributed by atoms with Gasteiger partial charge in [-0.15, -0.1) is 0 Å². The average molecular weight is 346 g/mol. The van der Waals surface area contributed by atoms with E-state index in [4.69, 9.17) is 11.6 Å². The first-order valence-corrected chi connectivity index (χ1v) is 8.80. The first-order valence-electron chi connectivity index (χ1n) is 8.42. The maximum absolute atomic E-state index is 13.9. The highest BCUT2D eigenvalue weighted by atomic mass is 35.5. The number of carbonyl (C=O) groups is 1. The molecule has 1 aliphatic carbocycles. The SMILES string of the molecule is CCc1ccc(Cl)c(CC)c1NC(=O)C1CC1c1ccccc1F. The zero-order chi connectivity index (χ0) is 17.3. The van der Waals surface area contributed by atoms with Crippen molar-refractivity contribution in [3.63, 3.8) is 0 Å². The lowest BCUT2D eigenvalue weighted by molar-refractivity contribution is -0.117. The predicted molar refractivity (Wildman–Crippen MR) is 96.1 cm³/mol. The van der Waals surface area contributed by atoms with Crippen molar-refractivity contribution in [2.24, 2.45) is 5.92 Å². The van der Waals surface area contributed by atoms with Crippen molar-refractivity contribution in [1.29, 1.82) is 0 Å². The molecule has 1 saturated carbocycles. The monoisotopic (exact) mass is 345 g/mol. The van der Waals surface area contributed by atoms with E-state index in [1.165, 1.54) is 6.07 Å². The highest BCUT2D eigenvalue weighted by Gasteiger charge is 2.45. The summed E-state index contributed by atoms with van der Waals surface area (Å²) in [6, 6.07) is 10.5. The smallest absolute Gasteiger partial charge is 0.228 e. The number of nitrogens with one attached hydrogen (secondary N) is 1. The van der Waals surface area contributed by atoms with Crippen molar-refractivity contribution < 1.29 is 9.18 Å². The van der Waals surface area contributed by atoms with Crippen molar-refractivity contribution in [1.82, 2.24) is 0 Å². The minimum atomic E-state index is -0.232. The largest absolute Gasteiger partial charge is 0.325 e. The van der Waals surface area contributed by atoms with E-state index in [-0.39, 0.29) is 23.6 Å². The number of hydrogen-bond acceptors (Lipinski definition) is 1. The number of anilines is 1. The van der Waals surface area contributed by atoms with Gasteiger partial charge in [-0.25, -0.2) is 4.39 Å². The Labute approximate surface area is 147 Å². The molecule has 2 nitrogen and oxygen atoms in total. The van der Waals surface area contributed by atoms with Crippen LogP contribution in [0, 0.1) is 11.7 Å². The summed E-state index contributed by atoms with van der Waals surface area (Å²) in [5, 5.41) is 3.73. The molecule has 1 fully saturated rings. The van der Waals surface area contributed by atoms with Gasteiger partial charge in [-0.3, -0.25) is 4.79 Å². The molecule has 1 amide bonds. The van der Waals surface area contributed by atoms with Crippen molar-refractivity contribution in [2.45, 2.75) is 39.0 Å². The van der Waals surface area contributed by atoms with Crippen LogP contribution < -0.4 is 5.32 Å². The Morgan fingerprint density at radius 1 is 1.21 bits per heavy atom. The van der Waals surface area contributed by atoms with Gasteiger partial charge in [0.2, 0.25) is 5.91 Å². The van der Waals surface area contributed by atoms with Gasteiger partial charge in [0, 0.05) is 16.6 Å². The minimum absolute atomic E-state index is 0.0273. The molecule has 3 rings (SSSR count). The Balaban J connectivity index is 1.80. The third-order valence-electron chi connectivity index (χ3n) is 4.76. The Bertz CT molecular complexity index is 774. The molecular weight excluding hydrogens is 325 g/mol. The van der Waals surface area contributed by atoms with Gasteiger partial charge in [0.15, 0.2) is 0 Å². The van der Waals surface area contributed by atoms with E-state index in [1.807, 2.05) is 25.1 Å². The van der Waals surface area contributed by atoms with Crippen molar-refractivity contribution in [3.05, 3.63) is 63.9 Å². The van der Waals surface area contributed by atoms with E-state index in [2.05, 4.69) is 12.2 Å². The van der Waals surface area contributed by atoms with Crippen molar-refractivity contribution in [3.8, 4) is 0 Å². The second-order valence-electron chi connectivity index (χ2n) is 6.23. The molecule has 2 atom stereocenters. The lowest BCUT2D eigenvalue weighted by atomic mass is 10.0. The van der Waals surface area contributed by atoms with Gasteiger partial charge < -0.3 is 5.32 Å². The summed E-state index contributed by atoms with van der Waals surface area (Å²) in [5.74, 6) is -0.477. The van der Waals surface area contributed by atoms with Crippen LogP contribution in [0.2, 0.25) is 5.02 Å². The molecule has 2 aromatic rings. The quantitative estimate of drug-likeness (QED) is 0.778. The molecule has 0 aliphatic heterocycles. The zero-order valence-electron chi connectivity index (χ0n) is 13.9. The molecule has 0 heterocycles. The maximum atomic E-state index is 13.9. The number of aryl methyl sites for hydroxylation is 1. The van der Waals surface area contributed by atoms with Crippen LogP contribution >= 0.6 is 11.6 Å². The molecule has 24 heavy (non-hydrogen) atoms. The van der Waals surface area contributed by atoms with E-state index in [0.29, 0.717) is 17.0 Å². The second-order valence-corrected chi connectivity index (χ2v) is 6.63. The summed E-state index contributed by atoms with van der Waals surface area (Å²) in [5.41, 5.74) is 3.51. The van der Waals surface area contributed by atoms with Crippen LogP contribution in [-0.4, -0.2) is 5.91 Å².